The number of carbonyl (C=O) groups excluding carboxylic acids is 2. The summed E-state index contributed by atoms with van der Waals surface area (Å²) >= 11 is 1.23. The van der Waals surface area contributed by atoms with Crippen molar-refractivity contribution in [3.63, 3.8) is 0 Å². The maximum absolute atomic E-state index is 13.0. The second kappa shape index (κ2) is 7.73. The normalized spacial score (nSPS) is 16.8. The Morgan fingerprint density at radius 1 is 1.07 bits per heavy atom. The van der Waals surface area contributed by atoms with Gasteiger partial charge in [-0.1, -0.05) is 48.5 Å². The third-order valence-electron chi connectivity index (χ3n) is 4.53. The predicted molar refractivity (Wildman–Crippen MR) is 111 cm³/mol. The molecule has 0 aliphatic carbocycles. The van der Waals surface area contributed by atoms with Crippen molar-refractivity contribution in [2.45, 2.75) is 6.04 Å². The lowest BCUT2D eigenvalue weighted by Crippen LogP contribution is -2.30. The van der Waals surface area contributed by atoms with E-state index in [4.69, 9.17) is 0 Å². The molecule has 0 saturated carbocycles. The van der Waals surface area contributed by atoms with Crippen LogP contribution in [-0.4, -0.2) is 26.9 Å². The van der Waals surface area contributed by atoms with Crippen molar-refractivity contribution in [3.8, 4) is 5.75 Å². The van der Waals surface area contributed by atoms with Crippen molar-refractivity contribution < 1.29 is 19.8 Å². The number of allylic oxidation sites excluding steroid dienone is 1. The average molecular weight is 404 g/mol. The predicted octanol–water partition coefficient (Wildman–Crippen LogP) is 4.03. The van der Waals surface area contributed by atoms with E-state index in [0.29, 0.717) is 10.7 Å². The molecule has 4 rings (SSSR count). The molecular formula is C22H16N2O4S. The summed E-state index contributed by atoms with van der Waals surface area (Å²) in [5, 5.41) is 22.2. The third-order valence-corrected chi connectivity index (χ3v) is 5.31. The van der Waals surface area contributed by atoms with E-state index in [-0.39, 0.29) is 11.3 Å². The van der Waals surface area contributed by atoms with Crippen LogP contribution in [0.25, 0.3) is 6.08 Å². The highest BCUT2D eigenvalue weighted by molar-refractivity contribution is 7.13. The maximum Gasteiger partial charge on any atom is 0.296 e. The van der Waals surface area contributed by atoms with Crippen molar-refractivity contribution in [3.05, 3.63) is 94.7 Å². The molecular weight excluding hydrogens is 388 g/mol. The number of hydrogen-bond acceptors (Lipinski definition) is 6. The van der Waals surface area contributed by atoms with Gasteiger partial charge in [-0.25, -0.2) is 4.98 Å². The number of carbonyl (C=O) groups is 2. The summed E-state index contributed by atoms with van der Waals surface area (Å²) in [5.41, 5.74) is 1.37. The van der Waals surface area contributed by atoms with Crippen molar-refractivity contribution >= 4 is 34.2 Å². The molecule has 0 bridgehead atoms. The quantitative estimate of drug-likeness (QED) is 0.627. The zero-order valence-electron chi connectivity index (χ0n) is 15.1. The van der Waals surface area contributed by atoms with E-state index in [0.717, 1.165) is 5.56 Å². The van der Waals surface area contributed by atoms with Crippen LogP contribution >= 0.6 is 11.3 Å². The largest absolute Gasteiger partial charge is 0.508 e. The molecule has 2 aromatic carbocycles. The first-order valence-electron chi connectivity index (χ1n) is 8.79. The van der Waals surface area contributed by atoms with E-state index >= 15 is 0 Å². The Labute approximate surface area is 170 Å². The number of nitrogens with zero attached hydrogens (tertiary/aromatic N) is 2. The van der Waals surface area contributed by atoms with Gasteiger partial charge in [0.2, 0.25) is 0 Å². The number of rotatable bonds is 5. The molecule has 1 aliphatic rings. The van der Waals surface area contributed by atoms with E-state index in [9.17, 15) is 19.8 Å². The molecule has 1 atom stereocenters. The van der Waals surface area contributed by atoms with E-state index in [1.165, 1.54) is 34.4 Å². The fraction of sp³-hybridized carbons (Fsp3) is 0.0455. The fourth-order valence-corrected chi connectivity index (χ4v) is 3.85. The van der Waals surface area contributed by atoms with Crippen LogP contribution in [0.3, 0.4) is 0 Å². The molecule has 6 nitrogen and oxygen atoms in total. The Balaban J connectivity index is 1.77. The van der Waals surface area contributed by atoms with Gasteiger partial charge >= 0.3 is 0 Å². The van der Waals surface area contributed by atoms with Gasteiger partial charge in [-0.15, -0.1) is 11.3 Å². The summed E-state index contributed by atoms with van der Waals surface area (Å²) in [6.07, 6.45) is 4.52. The molecule has 0 radical (unpaired) electrons. The molecule has 2 N–H and O–H groups in total. The lowest BCUT2D eigenvalue weighted by molar-refractivity contribution is -0.117. The van der Waals surface area contributed by atoms with Gasteiger partial charge in [0.1, 0.15) is 5.75 Å². The number of aromatic hydroxyl groups is 1. The summed E-state index contributed by atoms with van der Waals surface area (Å²) < 4.78 is 0. The molecule has 1 aliphatic heterocycles. The Kier molecular flexibility index (Phi) is 4.97. The number of amides is 1. The Morgan fingerprint density at radius 3 is 2.45 bits per heavy atom. The van der Waals surface area contributed by atoms with E-state index in [1.807, 2.05) is 30.3 Å². The highest BCUT2D eigenvalue weighted by Gasteiger charge is 2.44. The maximum atomic E-state index is 13.0. The molecule has 1 aromatic heterocycles. The van der Waals surface area contributed by atoms with Gasteiger partial charge in [0.15, 0.2) is 16.7 Å². The van der Waals surface area contributed by atoms with Gasteiger partial charge in [-0.2, -0.15) is 0 Å². The Morgan fingerprint density at radius 2 is 1.79 bits per heavy atom. The Bertz CT molecular complexity index is 1100. The zero-order valence-corrected chi connectivity index (χ0v) is 15.9. The number of hydrogen-bond donors (Lipinski definition) is 2. The van der Waals surface area contributed by atoms with Crippen LogP contribution in [0.15, 0.2) is 83.6 Å². The number of ketones is 1. The minimum Gasteiger partial charge on any atom is -0.508 e. The van der Waals surface area contributed by atoms with Crippen molar-refractivity contribution in [1.82, 2.24) is 4.98 Å². The van der Waals surface area contributed by atoms with Crippen LogP contribution in [-0.2, 0) is 9.59 Å². The average Bonchev–Trinajstić information content (AvgIpc) is 3.35. The lowest BCUT2D eigenvalue weighted by Gasteiger charge is -2.24. The molecule has 144 valence electrons. The highest BCUT2D eigenvalue weighted by Crippen LogP contribution is 2.42. The van der Waals surface area contributed by atoms with Gasteiger partial charge in [0.25, 0.3) is 5.91 Å². The van der Waals surface area contributed by atoms with Crippen LogP contribution in [0.2, 0.25) is 0 Å². The molecule has 2 heterocycles. The molecule has 7 heteroatoms. The Hall–Kier alpha value is -3.71. The number of thiazole rings is 1. The van der Waals surface area contributed by atoms with Gasteiger partial charge in [0, 0.05) is 11.6 Å². The standard InChI is InChI=1S/C22H16N2O4S/c25-16-9-7-15(8-10-16)19-18(17(26)11-6-14-4-2-1-3-5-14)20(27)21(28)24(19)22-23-12-13-29-22/h1-13,19,25,27H. The number of anilines is 1. The number of phenols is 1. The molecule has 1 unspecified atom stereocenters. The van der Waals surface area contributed by atoms with Crippen LogP contribution in [0.5, 0.6) is 5.75 Å². The first-order chi connectivity index (χ1) is 14.1. The summed E-state index contributed by atoms with van der Waals surface area (Å²) in [5.74, 6) is -1.70. The van der Waals surface area contributed by atoms with Gasteiger partial charge in [-0.05, 0) is 29.3 Å². The zero-order chi connectivity index (χ0) is 20.4. The summed E-state index contributed by atoms with van der Waals surface area (Å²) in [4.78, 5) is 31.3. The minimum absolute atomic E-state index is 0.0249. The first-order valence-corrected chi connectivity index (χ1v) is 9.67. The molecule has 0 saturated heterocycles. The van der Waals surface area contributed by atoms with Crippen molar-refractivity contribution in [2.75, 3.05) is 4.90 Å². The van der Waals surface area contributed by atoms with Crippen LogP contribution in [0.4, 0.5) is 5.13 Å². The summed E-state index contributed by atoms with van der Waals surface area (Å²) in [7, 11) is 0. The van der Waals surface area contributed by atoms with Crippen LogP contribution in [0, 0.1) is 0 Å². The van der Waals surface area contributed by atoms with Crippen molar-refractivity contribution in [1.29, 1.82) is 0 Å². The smallest absolute Gasteiger partial charge is 0.296 e. The number of phenolic OH excluding ortho intramolecular Hbond substituents is 1. The highest BCUT2D eigenvalue weighted by atomic mass is 32.1. The molecule has 0 spiro atoms. The number of aliphatic hydroxyl groups is 1. The topological polar surface area (TPSA) is 90.7 Å². The van der Waals surface area contributed by atoms with Crippen molar-refractivity contribution in [2.24, 2.45) is 0 Å². The first kappa shape index (κ1) is 18.6. The number of aliphatic hydroxyl groups excluding tert-OH is 1. The molecule has 29 heavy (non-hydrogen) atoms. The molecule has 0 fully saturated rings. The van der Waals surface area contributed by atoms with Gasteiger partial charge in [0.05, 0.1) is 11.6 Å². The third kappa shape index (κ3) is 3.55. The van der Waals surface area contributed by atoms with Crippen LogP contribution in [0.1, 0.15) is 17.2 Å². The fourth-order valence-electron chi connectivity index (χ4n) is 3.19. The number of benzene rings is 2. The second-order valence-electron chi connectivity index (χ2n) is 6.35. The van der Waals surface area contributed by atoms with Gasteiger partial charge in [-0.3, -0.25) is 14.5 Å². The lowest BCUT2D eigenvalue weighted by atomic mass is 9.95. The van der Waals surface area contributed by atoms with E-state index in [2.05, 4.69) is 4.98 Å². The minimum atomic E-state index is -0.845. The van der Waals surface area contributed by atoms with Gasteiger partial charge < -0.3 is 10.2 Å². The van der Waals surface area contributed by atoms with E-state index < -0.39 is 23.5 Å². The van der Waals surface area contributed by atoms with E-state index in [1.54, 1.807) is 29.8 Å². The molecule has 1 amide bonds. The summed E-state index contributed by atoms with van der Waals surface area (Å²) in [6, 6.07) is 14.6. The molecule has 3 aromatic rings. The monoisotopic (exact) mass is 404 g/mol. The number of aromatic nitrogens is 1. The van der Waals surface area contributed by atoms with Crippen LogP contribution < -0.4 is 4.90 Å². The summed E-state index contributed by atoms with van der Waals surface area (Å²) in [6.45, 7) is 0. The SMILES string of the molecule is O=C(C=Cc1ccccc1)C1=C(O)C(=O)N(c2nccs2)C1c1ccc(O)cc1. The second-order valence-corrected chi connectivity index (χ2v) is 7.23.